The van der Waals surface area contributed by atoms with E-state index < -0.39 is 0 Å². The van der Waals surface area contributed by atoms with Crippen LogP contribution in [-0.4, -0.2) is 37.8 Å². The molecule has 1 aromatic carbocycles. The molecular formula is C13H16N2O3S. The van der Waals surface area contributed by atoms with Gasteiger partial charge < -0.3 is 14.8 Å². The fraction of sp³-hybridized carbons (Fsp3) is 0.385. The van der Waals surface area contributed by atoms with E-state index in [1.807, 2.05) is 25.1 Å². The molecule has 0 aliphatic rings. The van der Waals surface area contributed by atoms with Gasteiger partial charge in [0, 0.05) is 12.8 Å². The molecular weight excluding hydrogens is 264 g/mol. The predicted octanol–water partition coefficient (Wildman–Crippen LogP) is 2.21. The van der Waals surface area contributed by atoms with Gasteiger partial charge in [-0.3, -0.25) is 4.79 Å². The lowest BCUT2D eigenvalue weighted by Crippen LogP contribution is -2.19. The van der Waals surface area contributed by atoms with Gasteiger partial charge in [-0.15, -0.1) is 11.3 Å². The Kier molecular flexibility index (Phi) is 4.84. The largest absolute Gasteiger partial charge is 0.382 e. The number of aryl methyl sites for hydroxylation is 1. The van der Waals surface area contributed by atoms with Gasteiger partial charge in [0.25, 0.3) is 0 Å². The summed E-state index contributed by atoms with van der Waals surface area (Å²) in [5.41, 5.74) is 1.72. The second-order valence-corrected chi connectivity index (χ2v) is 5.24. The van der Waals surface area contributed by atoms with Crippen LogP contribution in [0.25, 0.3) is 10.2 Å². The van der Waals surface area contributed by atoms with Crippen LogP contribution in [0, 0.1) is 6.92 Å². The number of methoxy groups -OCH3 is 1. The van der Waals surface area contributed by atoms with Gasteiger partial charge in [-0.25, -0.2) is 4.98 Å². The van der Waals surface area contributed by atoms with Gasteiger partial charge in [0.1, 0.15) is 6.61 Å². The lowest BCUT2D eigenvalue weighted by molar-refractivity contribution is -0.121. The second-order valence-electron chi connectivity index (χ2n) is 4.01. The number of aromatic nitrogens is 1. The first-order valence-corrected chi connectivity index (χ1v) is 6.74. The Bertz CT molecular complexity index is 568. The molecule has 6 heteroatoms. The van der Waals surface area contributed by atoms with Gasteiger partial charge in [-0.2, -0.15) is 0 Å². The number of hydrogen-bond donors (Lipinski definition) is 1. The molecule has 0 aliphatic carbocycles. The van der Waals surface area contributed by atoms with Crippen molar-refractivity contribution in [2.24, 2.45) is 0 Å². The molecule has 0 atom stereocenters. The van der Waals surface area contributed by atoms with E-state index in [2.05, 4.69) is 10.3 Å². The summed E-state index contributed by atoms with van der Waals surface area (Å²) in [4.78, 5) is 16.0. The smallest absolute Gasteiger partial charge is 0.250 e. The monoisotopic (exact) mass is 280 g/mol. The number of carbonyl (C=O) groups excluding carboxylic acids is 1. The van der Waals surface area contributed by atoms with E-state index in [0.29, 0.717) is 13.2 Å². The molecule has 0 saturated heterocycles. The molecule has 1 amide bonds. The van der Waals surface area contributed by atoms with Gasteiger partial charge in [0.15, 0.2) is 0 Å². The number of anilines is 1. The average molecular weight is 280 g/mol. The van der Waals surface area contributed by atoms with Crippen molar-refractivity contribution < 1.29 is 14.3 Å². The highest BCUT2D eigenvalue weighted by Gasteiger charge is 2.05. The Labute approximate surface area is 115 Å². The van der Waals surface area contributed by atoms with E-state index >= 15 is 0 Å². The number of hydrogen-bond acceptors (Lipinski definition) is 5. The van der Waals surface area contributed by atoms with E-state index in [9.17, 15) is 4.79 Å². The number of carbonyl (C=O) groups is 1. The third kappa shape index (κ3) is 3.99. The quantitative estimate of drug-likeness (QED) is 0.824. The van der Waals surface area contributed by atoms with Gasteiger partial charge in [-0.05, 0) is 25.1 Å². The van der Waals surface area contributed by atoms with Crippen molar-refractivity contribution in [3.8, 4) is 0 Å². The van der Waals surface area contributed by atoms with Crippen LogP contribution in [0.5, 0.6) is 0 Å². The van der Waals surface area contributed by atoms with Gasteiger partial charge in [-0.1, -0.05) is 0 Å². The van der Waals surface area contributed by atoms with Crippen LogP contribution in [0.15, 0.2) is 18.2 Å². The van der Waals surface area contributed by atoms with Crippen LogP contribution < -0.4 is 5.32 Å². The fourth-order valence-corrected chi connectivity index (χ4v) is 2.49. The third-order valence-corrected chi connectivity index (χ3v) is 3.38. The standard InChI is InChI=1S/C13H16N2O3S/c1-9-14-11-4-3-10(7-12(11)19-9)15-13(16)8-18-6-5-17-2/h3-4,7H,5-6,8H2,1-2H3,(H,15,16). The van der Waals surface area contributed by atoms with Crippen LogP contribution in [0.2, 0.25) is 0 Å². The molecule has 5 nitrogen and oxygen atoms in total. The van der Waals surface area contributed by atoms with Crippen LogP contribution >= 0.6 is 11.3 Å². The summed E-state index contributed by atoms with van der Waals surface area (Å²) < 4.78 is 11.0. The molecule has 0 fully saturated rings. The lowest BCUT2D eigenvalue weighted by atomic mass is 10.3. The molecule has 1 heterocycles. The Balaban J connectivity index is 1.91. The highest BCUT2D eigenvalue weighted by Crippen LogP contribution is 2.24. The van der Waals surface area contributed by atoms with E-state index in [4.69, 9.17) is 9.47 Å². The van der Waals surface area contributed by atoms with Crippen LogP contribution in [-0.2, 0) is 14.3 Å². The number of amides is 1. The van der Waals surface area contributed by atoms with E-state index in [1.54, 1.807) is 18.4 Å². The minimum atomic E-state index is -0.170. The molecule has 102 valence electrons. The minimum Gasteiger partial charge on any atom is -0.382 e. The third-order valence-electron chi connectivity index (χ3n) is 2.44. The topological polar surface area (TPSA) is 60.5 Å². The SMILES string of the molecule is COCCOCC(=O)Nc1ccc2nc(C)sc2c1. The maximum absolute atomic E-state index is 11.6. The van der Waals surface area contributed by atoms with Crippen molar-refractivity contribution in [1.29, 1.82) is 0 Å². The van der Waals surface area contributed by atoms with Gasteiger partial charge >= 0.3 is 0 Å². The van der Waals surface area contributed by atoms with Crippen LogP contribution in [0.1, 0.15) is 5.01 Å². The van der Waals surface area contributed by atoms with Crippen LogP contribution in [0.4, 0.5) is 5.69 Å². The van der Waals surface area contributed by atoms with E-state index in [1.165, 1.54) is 0 Å². The highest BCUT2D eigenvalue weighted by atomic mass is 32.1. The zero-order valence-corrected chi connectivity index (χ0v) is 11.8. The van der Waals surface area contributed by atoms with Crippen molar-refractivity contribution in [2.45, 2.75) is 6.92 Å². The number of benzene rings is 1. The zero-order valence-electron chi connectivity index (χ0n) is 10.9. The number of rotatable bonds is 6. The summed E-state index contributed by atoms with van der Waals surface area (Å²) in [7, 11) is 1.59. The van der Waals surface area contributed by atoms with Crippen molar-refractivity contribution >= 4 is 33.1 Å². The second kappa shape index (κ2) is 6.60. The summed E-state index contributed by atoms with van der Waals surface area (Å²) in [6, 6.07) is 5.67. The number of thiazole rings is 1. The van der Waals surface area contributed by atoms with E-state index in [0.717, 1.165) is 20.9 Å². The molecule has 0 radical (unpaired) electrons. The molecule has 1 N–H and O–H groups in total. The summed E-state index contributed by atoms with van der Waals surface area (Å²) in [5.74, 6) is -0.170. The fourth-order valence-electron chi connectivity index (χ4n) is 1.62. The first-order valence-electron chi connectivity index (χ1n) is 5.93. The lowest BCUT2D eigenvalue weighted by Gasteiger charge is -2.05. The van der Waals surface area contributed by atoms with Gasteiger partial charge in [0.2, 0.25) is 5.91 Å². The molecule has 19 heavy (non-hydrogen) atoms. The van der Waals surface area contributed by atoms with Crippen molar-refractivity contribution in [3.05, 3.63) is 23.2 Å². The predicted molar refractivity (Wildman–Crippen MR) is 75.7 cm³/mol. The maximum atomic E-state index is 11.6. The molecule has 1 aromatic heterocycles. The Morgan fingerprint density at radius 2 is 2.26 bits per heavy atom. The number of nitrogens with one attached hydrogen (secondary N) is 1. The first-order chi connectivity index (χ1) is 9.19. The zero-order chi connectivity index (χ0) is 13.7. The molecule has 0 aliphatic heterocycles. The van der Waals surface area contributed by atoms with E-state index in [-0.39, 0.29) is 12.5 Å². The van der Waals surface area contributed by atoms with Crippen molar-refractivity contribution in [3.63, 3.8) is 0 Å². The number of nitrogens with zero attached hydrogens (tertiary/aromatic N) is 1. The van der Waals surface area contributed by atoms with Gasteiger partial charge in [0.05, 0.1) is 28.4 Å². The summed E-state index contributed by atoms with van der Waals surface area (Å²) in [5, 5.41) is 3.81. The normalized spacial score (nSPS) is 10.8. The summed E-state index contributed by atoms with van der Waals surface area (Å²) in [6.07, 6.45) is 0. The average Bonchev–Trinajstić information content (AvgIpc) is 2.74. The molecule has 0 unspecified atom stereocenters. The highest BCUT2D eigenvalue weighted by molar-refractivity contribution is 7.18. The molecule has 0 bridgehead atoms. The molecule has 0 saturated carbocycles. The Morgan fingerprint density at radius 3 is 3.05 bits per heavy atom. The van der Waals surface area contributed by atoms with Crippen molar-refractivity contribution in [2.75, 3.05) is 32.2 Å². The maximum Gasteiger partial charge on any atom is 0.250 e. The summed E-state index contributed by atoms with van der Waals surface area (Å²) in [6.45, 7) is 2.89. The Morgan fingerprint density at radius 1 is 1.42 bits per heavy atom. The molecule has 0 spiro atoms. The molecule has 2 aromatic rings. The first kappa shape index (κ1) is 13.9. The van der Waals surface area contributed by atoms with Crippen molar-refractivity contribution in [1.82, 2.24) is 4.98 Å². The summed E-state index contributed by atoms with van der Waals surface area (Å²) >= 11 is 1.61. The van der Waals surface area contributed by atoms with Crippen LogP contribution in [0.3, 0.4) is 0 Å². The number of ether oxygens (including phenoxy) is 2. The minimum absolute atomic E-state index is 0.0309. The Hall–Kier alpha value is -1.50. The number of fused-ring (bicyclic) bond motifs is 1. The molecule has 2 rings (SSSR count).